The molecule has 1 saturated heterocycles. The van der Waals surface area contributed by atoms with Crippen molar-refractivity contribution in [3.8, 4) is 0 Å². The number of amides is 2. The second-order valence-corrected chi connectivity index (χ2v) is 5.69. The molecule has 2 amide bonds. The van der Waals surface area contributed by atoms with Gasteiger partial charge in [0.2, 0.25) is 11.8 Å². The lowest BCUT2D eigenvalue weighted by atomic mass is 10.1. The maximum Gasteiger partial charge on any atom is 0.348 e. The number of carbonyl (C=O) groups is 2. The Balaban J connectivity index is 2.40. The van der Waals surface area contributed by atoms with E-state index in [1.807, 2.05) is 0 Å². The summed E-state index contributed by atoms with van der Waals surface area (Å²) in [4.78, 5) is 36.4. The van der Waals surface area contributed by atoms with Crippen LogP contribution in [0.2, 0.25) is 0 Å². The van der Waals surface area contributed by atoms with Crippen molar-refractivity contribution >= 4 is 38.8 Å². The van der Waals surface area contributed by atoms with E-state index in [2.05, 4.69) is 15.9 Å². The molecule has 0 aliphatic carbocycles. The summed E-state index contributed by atoms with van der Waals surface area (Å²) in [6.07, 6.45) is 0.758. The highest BCUT2D eigenvalue weighted by molar-refractivity contribution is 9.10. The van der Waals surface area contributed by atoms with Crippen LogP contribution >= 0.6 is 15.9 Å². The van der Waals surface area contributed by atoms with Gasteiger partial charge in [0.1, 0.15) is 5.52 Å². The van der Waals surface area contributed by atoms with E-state index < -0.39 is 23.3 Å². The van der Waals surface area contributed by atoms with Crippen molar-refractivity contribution in [3.63, 3.8) is 0 Å². The van der Waals surface area contributed by atoms with Crippen LogP contribution in [0.3, 0.4) is 0 Å². The van der Waals surface area contributed by atoms with Crippen LogP contribution in [-0.2, 0) is 16.6 Å². The molecule has 1 aromatic carbocycles. The Bertz CT molecular complexity index is 823. The minimum absolute atomic E-state index is 0.0829. The van der Waals surface area contributed by atoms with Gasteiger partial charge in [0, 0.05) is 24.4 Å². The number of aromatic nitrogens is 2. The minimum Gasteiger partial charge on any atom is -0.292 e. The van der Waals surface area contributed by atoms with Gasteiger partial charge in [-0.05, 0) is 34.5 Å². The number of imidazole rings is 1. The van der Waals surface area contributed by atoms with Gasteiger partial charge in [-0.1, -0.05) is 0 Å². The van der Waals surface area contributed by atoms with Gasteiger partial charge in [0.25, 0.3) is 0 Å². The number of piperidine rings is 1. The first-order valence-electron chi connectivity index (χ1n) is 6.35. The number of halogens is 2. The highest BCUT2D eigenvalue weighted by atomic mass is 79.9. The first kappa shape index (κ1) is 14.0. The van der Waals surface area contributed by atoms with Gasteiger partial charge in [-0.3, -0.25) is 14.2 Å². The molecule has 1 aliphatic heterocycles. The van der Waals surface area contributed by atoms with E-state index in [0.29, 0.717) is 16.4 Å². The Morgan fingerprint density at radius 3 is 2.33 bits per heavy atom. The number of hydrogen-bond acceptors (Lipinski definition) is 3. The Hall–Kier alpha value is -1.96. The number of aryl methyl sites for hydroxylation is 1. The molecule has 0 spiro atoms. The summed E-state index contributed by atoms with van der Waals surface area (Å²) in [5.74, 6) is -1.67. The molecule has 0 N–H and O–H groups in total. The third-order valence-corrected chi connectivity index (χ3v) is 4.16. The Morgan fingerprint density at radius 1 is 1.10 bits per heavy atom. The first-order valence-corrected chi connectivity index (χ1v) is 7.14. The molecule has 3 rings (SSSR count). The summed E-state index contributed by atoms with van der Waals surface area (Å²) in [5, 5.41) is 0.754. The number of hydrogen-bond donors (Lipinski definition) is 0. The average molecular weight is 356 g/mol. The normalized spacial score (nSPS) is 16.0. The van der Waals surface area contributed by atoms with E-state index in [4.69, 9.17) is 0 Å². The second-order valence-electron chi connectivity index (χ2n) is 4.83. The monoisotopic (exact) mass is 355 g/mol. The Morgan fingerprint density at radius 2 is 1.71 bits per heavy atom. The molecule has 8 heteroatoms. The summed E-state index contributed by atoms with van der Waals surface area (Å²) in [5.41, 5.74) is -0.425. The topological polar surface area (TPSA) is 64.3 Å². The third kappa shape index (κ3) is 1.93. The molecule has 0 saturated carbocycles. The Kier molecular flexibility index (Phi) is 3.20. The van der Waals surface area contributed by atoms with E-state index >= 15 is 0 Å². The van der Waals surface area contributed by atoms with Crippen LogP contribution < -0.4 is 10.7 Å². The lowest BCUT2D eigenvalue weighted by Crippen LogP contribution is -2.52. The highest BCUT2D eigenvalue weighted by Gasteiger charge is 2.32. The maximum absolute atomic E-state index is 14.2. The fraction of sp³-hybridized carbons (Fsp3) is 0.308. The molecule has 110 valence electrons. The van der Waals surface area contributed by atoms with Crippen LogP contribution in [-0.4, -0.2) is 21.1 Å². The zero-order valence-corrected chi connectivity index (χ0v) is 12.7. The van der Waals surface area contributed by atoms with E-state index in [1.165, 1.54) is 23.7 Å². The lowest BCUT2D eigenvalue weighted by molar-refractivity contribution is -0.131. The second kappa shape index (κ2) is 4.80. The standard InChI is InChI=1S/C13H11BrFN3O3/c1-16-11-7(14)5-6-8(15)12(11)18(13(16)21)17-9(19)3-2-4-10(17)20/h5-6H,2-4H2,1H3. The van der Waals surface area contributed by atoms with Crippen LogP contribution in [0.1, 0.15) is 19.3 Å². The van der Waals surface area contributed by atoms with E-state index in [-0.39, 0.29) is 18.4 Å². The van der Waals surface area contributed by atoms with Crippen LogP contribution in [0.4, 0.5) is 4.39 Å². The van der Waals surface area contributed by atoms with E-state index in [9.17, 15) is 18.8 Å². The fourth-order valence-electron chi connectivity index (χ4n) is 2.53. The van der Waals surface area contributed by atoms with Crippen LogP contribution in [0.15, 0.2) is 21.4 Å². The Labute approximate surface area is 126 Å². The van der Waals surface area contributed by atoms with E-state index in [1.54, 1.807) is 0 Å². The maximum atomic E-state index is 14.2. The van der Waals surface area contributed by atoms with Crippen LogP contribution in [0.5, 0.6) is 0 Å². The molecule has 0 unspecified atom stereocenters. The average Bonchev–Trinajstić information content (AvgIpc) is 2.69. The fourth-order valence-corrected chi connectivity index (χ4v) is 3.12. The first-order chi connectivity index (χ1) is 9.93. The van der Waals surface area contributed by atoms with Gasteiger partial charge in [-0.15, -0.1) is 0 Å². The smallest absolute Gasteiger partial charge is 0.292 e. The lowest BCUT2D eigenvalue weighted by Gasteiger charge is -2.25. The molecule has 6 nitrogen and oxygen atoms in total. The predicted molar refractivity (Wildman–Crippen MR) is 76.9 cm³/mol. The van der Waals surface area contributed by atoms with Gasteiger partial charge in [0.15, 0.2) is 5.82 Å². The van der Waals surface area contributed by atoms with Gasteiger partial charge in [-0.2, -0.15) is 9.69 Å². The number of rotatable bonds is 1. The molecular weight excluding hydrogens is 345 g/mol. The van der Waals surface area contributed by atoms with Crippen molar-refractivity contribution in [1.82, 2.24) is 9.24 Å². The minimum atomic E-state index is -0.669. The third-order valence-electron chi connectivity index (χ3n) is 3.52. The molecule has 0 bridgehead atoms. The highest BCUT2D eigenvalue weighted by Crippen LogP contribution is 2.26. The van der Waals surface area contributed by atoms with Crippen molar-refractivity contribution in [2.75, 3.05) is 5.01 Å². The summed E-state index contributed by atoms with van der Waals surface area (Å²) in [7, 11) is 1.46. The van der Waals surface area contributed by atoms with Gasteiger partial charge >= 0.3 is 5.69 Å². The molecule has 1 fully saturated rings. The number of imide groups is 1. The summed E-state index contributed by atoms with van der Waals surface area (Å²) in [6.45, 7) is 0. The SMILES string of the molecule is Cn1c(=O)n(N2C(=O)CCCC2=O)c2c(F)ccc(Br)c21. The van der Waals surface area contributed by atoms with Gasteiger partial charge < -0.3 is 0 Å². The number of nitrogens with zero attached hydrogens (tertiary/aromatic N) is 3. The van der Waals surface area contributed by atoms with Crippen molar-refractivity contribution in [2.24, 2.45) is 7.05 Å². The van der Waals surface area contributed by atoms with Crippen molar-refractivity contribution in [2.45, 2.75) is 19.3 Å². The molecule has 0 radical (unpaired) electrons. The molecular formula is C13H11BrFN3O3. The number of carbonyl (C=O) groups excluding carboxylic acids is 2. The van der Waals surface area contributed by atoms with Crippen molar-refractivity contribution in [3.05, 3.63) is 32.9 Å². The molecule has 2 aromatic rings. The van der Waals surface area contributed by atoms with Gasteiger partial charge in [-0.25, -0.2) is 9.18 Å². The van der Waals surface area contributed by atoms with Crippen LogP contribution in [0.25, 0.3) is 11.0 Å². The number of benzene rings is 1. The van der Waals surface area contributed by atoms with Crippen molar-refractivity contribution < 1.29 is 14.0 Å². The number of fused-ring (bicyclic) bond motifs is 1. The quantitative estimate of drug-likeness (QED) is 0.726. The van der Waals surface area contributed by atoms with Crippen molar-refractivity contribution in [1.29, 1.82) is 0 Å². The zero-order chi connectivity index (χ0) is 15.3. The van der Waals surface area contributed by atoms with E-state index in [0.717, 1.165) is 9.69 Å². The summed E-state index contributed by atoms with van der Waals surface area (Å²) >= 11 is 3.26. The molecule has 0 atom stereocenters. The van der Waals surface area contributed by atoms with Crippen LogP contribution in [0, 0.1) is 5.82 Å². The predicted octanol–water partition coefficient (Wildman–Crippen LogP) is 1.42. The largest absolute Gasteiger partial charge is 0.348 e. The summed E-state index contributed by atoms with van der Waals surface area (Å²) < 4.78 is 16.7. The molecule has 2 heterocycles. The zero-order valence-electron chi connectivity index (χ0n) is 11.1. The summed E-state index contributed by atoms with van der Waals surface area (Å²) in [6, 6.07) is 2.66. The molecule has 1 aliphatic rings. The van der Waals surface area contributed by atoms with Gasteiger partial charge in [0.05, 0.1) is 5.52 Å². The molecule has 21 heavy (non-hydrogen) atoms. The molecule has 1 aromatic heterocycles.